The summed E-state index contributed by atoms with van der Waals surface area (Å²) in [6.07, 6.45) is 1.17. The fourth-order valence-electron chi connectivity index (χ4n) is 2.05. The van der Waals surface area contributed by atoms with Crippen LogP contribution in [0.2, 0.25) is 0 Å². The first-order valence-electron chi connectivity index (χ1n) is 6.02. The standard InChI is InChI=1S/C12H15IN2O4S/c1-20(18,19)15-6-4-14(5-7-15)12(17)9-2-3-10(13)11(16)8-9/h2-3,8,16H,4-7H2,1H3. The molecule has 1 aliphatic rings. The normalized spacial score (nSPS) is 17.2. The molecule has 1 N–H and O–H groups in total. The zero-order chi connectivity index (χ0) is 14.9. The van der Waals surface area contributed by atoms with Crippen LogP contribution in [0, 0.1) is 3.57 Å². The van der Waals surface area contributed by atoms with Crippen LogP contribution in [0.3, 0.4) is 0 Å². The third-order valence-corrected chi connectivity index (χ3v) is 5.40. The molecule has 0 spiro atoms. The quantitative estimate of drug-likeness (QED) is 0.729. The Kier molecular flexibility index (Phi) is 4.55. The van der Waals surface area contributed by atoms with Crippen LogP contribution in [0.1, 0.15) is 10.4 Å². The predicted octanol–water partition coefficient (Wildman–Crippen LogP) is 0.714. The second-order valence-corrected chi connectivity index (χ2v) is 7.77. The number of rotatable bonds is 2. The number of sulfonamides is 1. The average Bonchev–Trinajstić information content (AvgIpc) is 2.40. The Morgan fingerprint density at radius 1 is 1.25 bits per heavy atom. The molecule has 0 radical (unpaired) electrons. The van der Waals surface area contributed by atoms with Crippen molar-refractivity contribution in [2.45, 2.75) is 0 Å². The van der Waals surface area contributed by atoms with Crippen molar-refractivity contribution in [2.24, 2.45) is 0 Å². The fraction of sp³-hybridized carbons (Fsp3) is 0.417. The van der Waals surface area contributed by atoms with Crippen LogP contribution in [0.25, 0.3) is 0 Å². The molecule has 0 saturated carbocycles. The van der Waals surface area contributed by atoms with E-state index in [1.165, 1.54) is 16.6 Å². The van der Waals surface area contributed by atoms with Crippen LogP contribution in [0.4, 0.5) is 0 Å². The number of benzene rings is 1. The number of phenols is 1. The maximum absolute atomic E-state index is 12.3. The SMILES string of the molecule is CS(=O)(=O)N1CCN(C(=O)c2ccc(I)c(O)c2)CC1. The first-order valence-corrected chi connectivity index (χ1v) is 8.94. The number of amides is 1. The van der Waals surface area contributed by atoms with Crippen LogP contribution >= 0.6 is 22.6 Å². The predicted molar refractivity (Wildman–Crippen MR) is 83.1 cm³/mol. The van der Waals surface area contributed by atoms with E-state index in [-0.39, 0.29) is 11.7 Å². The van der Waals surface area contributed by atoms with Crippen molar-refractivity contribution >= 4 is 38.5 Å². The molecule has 1 aromatic carbocycles. The van der Waals surface area contributed by atoms with Gasteiger partial charge in [-0.25, -0.2) is 8.42 Å². The third kappa shape index (κ3) is 3.41. The van der Waals surface area contributed by atoms with Crippen molar-refractivity contribution in [3.63, 3.8) is 0 Å². The van der Waals surface area contributed by atoms with Crippen molar-refractivity contribution < 1.29 is 18.3 Å². The van der Waals surface area contributed by atoms with E-state index in [2.05, 4.69) is 0 Å². The van der Waals surface area contributed by atoms with Crippen LogP contribution in [-0.4, -0.2) is 61.1 Å². The van der Waals surface area contributed by atoms with Crippen molar-refractivity contribution in [3.8, 4) is 5.75 Å². The first-order chi connectivity index (χ1) is 9.29. The second-order valence-electron chi connectivity index (χ2n) is 4.62. The van der Waals surface area contributed by atoms with Crippen molar-refractivity contribution in [2.75, 3.05) is 32.4 Å². The smallest absolute Gasteiger partial charge is 0.254 e. The van der Waals surface area contributed by atoms with Gasteiger partial charge in [-0.2, -0.15) is 4.31 Å². The van der Waals surface area contributed by atoms with E-state index in [1.54, 1.807) is 17.0 Å². The summed E-state index contributed by atoms with van der Waals surface area (Å²) in [6, 6.07) is 4.77. The van der Waals surface area contributed by atoms with Crippen LogP contribution in [-0.2, 0) is 10.0 Å². The van der Waals surface area contributed by atoms with Crippen LogP contribution in [0.15, 0.2) is 18.2 Å². The molecule has 1 aromatic rings. The molecular weight excluding hydrogens is 395 g/mol. The monoisotopic (exact) mass is 410 g/mol. The minimum Gasteiger partial charge on any atom is -0.507 e. The van der Waals surface area contributed by atoms with Gasteiger partial charge in [-0.1, -0.05) is 0 Å². The maximum atomic E-state index is 12.3. The molecule has 1 fully saturated rings. The number of nitrogens with zero attached hydrogens (tertiary/aromatic N) is 2. The topological polar surface area (TPSA) is 77.9 Å². The Morgan fingerprint density at radius 3 is 2.35 bits per heavy atom. The summed E-state index contributed by atoms with van der Waals surface area (Å²) in [5, 5.41) is 9.63. The maximum Gasteiger partial charge on any atom is 0.254 e. The summed E-state index contributed by atoms with van der Waals surface area (Å²) in [5.74, 6) is -0.115. The Bertz CT molecular complexity index is 624. The van der Waals surface area contributed by atoms with Crippen LogP contribution in [0.5, 0.6) is 5.75 Å². The van der Waals surface area contributed by atoms with Gasteiger partial charge in [0.2, 0.25) is 10.0 Å². The Hall–Kier alpha value is -0.870. The lowest BCUT2D eigenvalue weighted by atomic mass is 10.2. The Morgan fingerprint density at radius 2 is 1.85 bits per heavy atom. The van der Waals surface area contributed by atoms with Crippen molar-refractivity contribution in [3.05, 3.63) is 27.3 Å². The molecule has 2 rings (SSSR count). The van der Waals surface area contributed by atoms with Gasteiger partial charge in [0.05, 0.1) is 9.83 Å². The van der Waals surface area contributed by atoms with E-state index in [4.69, 9.17) is 0 Å². The molecule has 0 aromatic heterocycles. The van der Waals surface area contributed by atoms with Crippen molar-refractivity contribution in [1.29, 1.82) is 0 Å². The number of hydrogen-bond acceptors (Lipinski definition) is 4. The van der Waals surface area contributed by atoms with Crippen LogP contribution < -0.4 is 0 Å². The minimum atomic E-state index is -3.20. The Labute approximate surface area is 131 Å². The van der Waals surface area contributed by atoms with Gasteiger partial charge in [0.25, 0.3) is 5.91 Å². The highest BCUT2D eigenvalue weighted by molar-refractivity contribution is 14.1. The summed E-state index contributed by atoms with van der Waals surface area (Å²) in [4.78, 5) is 13.9. The third-order valence-electron chi connectivity index (χ3n) is 3.19. The number of piperazine rings is 1. The van der Waals surface area contributed by atoms with E-state index in [9.17, 15) is 18.3 Å². The van der Waals surface area contributed by atoms with Gasteiger partial charge in [-0.3, -0.25) is 4.79 Å². The molecule has 6 nitrogen and oxygen atoms in total. The van der Waals surface area contributed by atoms with E-state index >= 15 is 0 Å². The molecule has 20 heavy (non-hydrogen) atoms. The van der Waals surface area contributed by atoms with Gasteiger partial charge in [0.1, 0.15) is 5.75 Å². The van der Waals surface area contributed by atoms with Gasteiger partial charge < -0.3 is 10.0 Å². The lowest BCUT2D eigenvalue weighted by Crippen LogP contribution is -2.50. The molecular formula is C12H15IN2O4S. The zero-order valence-corrected chi connectivity index (χ0v) is 13.9. The number of phenolic OH excluding ortho intramolecular Hbond substituents is 1. The highest BCUT2D eigenvalue weighted by atomic mass is 127. The lowest BCUT2D eigenvalue weighted by molar-refractivity contribution is 0.0698. The Balaban J connectivity index is 2.07. The average molecular weight is 410 g/mol. The van der Waals surface area contributed by atoms with E-state index in [1.807, 2.05) is 22.6 Å². The minimum absolute atomic E-state index is 0.0752. The number of carbonyl (C=O) groups excluding carboxylic acids is 1. The molecule has 8 heteroatoms. The molecule has 110 valence electrons. The molecule has 0 aliphatic carbocycles. The molecule has 1 aliphatic heterocycles. The number of halogens is 1. The zero-order valence-electron chi connectivity index (χ0n) is 10.9. The van der Waals surface area contributed by atoms with E-state index in [0.717, 1.165) is 0 Å². The summed E-state index contributed by atoms with van der Waals surface area (Å²) in [6.45, 7) is 1.33. The largest absolute Gasteiger partial charge is 0.507 e. The number of hydrogen-bond donors (Lipinski definition) is 1. The van der Waals surface area contributed by atoms with Crippen molar-refractivity contribution in [1.82, 2.24) is 9.21 Å². The molecule has 0 unspecified atom stereocenters. The summed E-state index contributed by atoms with van der Waals surface area (Å²) in [5.41, 5.74) is 0.413. The van der Waals surface area contributed by atoms with E-state index < -0.39 is 10.0 Å². The lowest BCUT2D eigenvalue weighted by Gasteiger charge is -2.33. The molecule has 1 heterocycles. The van der Waals surface area contributed by atoms with E-state index in [0.29, 0.717) is 35.3 Å². The number of aromatic hydroxyl groups is 1. The first kappa shape index (κ1) is 15.5. The fourth-order valence-corrected chi connectivity index (χ4v) is 3.21. The summed E-state index contributed by atoms with van der Waals surface area (Å²) < 4.78 is 24.9. The van der Waals surface area contributed by atoms with Gasteiger partial charge in [-0.15, -0.1) is 0 Å². The van der Waals surface area contributed by atoms with Gasteiger partial charge in [0.15, 0.2) is 0 Å². The highest BCUT2D eigenvalue weighted by Crippen LogP contribution is 2.21. The highest BCUT2D eigenvalue weighted by Gasteiger charge is 2.26. The molecule has 1 saturated heterocycles. The molecule has 1 amide bonds. The van der Waals surface area contributed by atoms with Gasteiger partial charge in [-0.05, 0) is 40.8 Å². The summed E-state index contributed by atoms with van der Waals surface area (Å²) in [7, 11) is -3.20. The van der Waals surface area contributed by atoms with Gasteiger partial charge >= 0.3 is 0 Å². The molecule has 0 atom stereocenters. The molecule has 0 bridgehead atoms. The van der Waals surface area contributed by atoms with Gasteiger partial charge in [0, 0.05) is 31.7 Å². The second kappa shape index (κ2) is 5.86. The summed E-state index contributed by atoms with van der Waals surface area (Å²) >= 11 is 1.98. The number of carbonyl (C=O) groups is 1.